The van der Waals surface area contributed by atoms with Crippen LogP contribution in [0.5, 0.6) is 0 Å². The first-order chi connectivity index (χ1) is 8.20. The summed E-state index contributed by atoms with van der Waals surface area (Å²) in [6.07, 6.45) is 2.15. The number of hydrogen-bond acceptors (Lipinski definition) is 3. The topological polar surface area (TPSA) is 38.5 Å². The third-order valence-electron chi connectivity index (χ3n) is 3.35. The van der Waals surface area contributed by atoms with Gasteiger partial charge in [-0.1, -0.05) is 0 Å². The van der Waals surface area contributed by atoms with Crippen molar-refractivity contribution in [2.45, 2.75) is 12.8 Å². The molecule has 2 rings (SSSR count). The van der Waals surface area contributed by atoms with E-state index < -0.39 is 0 Å². The van der Waals surface area contributed by atoms with Crippen LogP contribution in [-0.2, 0) is 4.74 Å². The van der Waals surface area contributed by atoms with Crippen LogP contribution in [0.15, 0.2) is 18.2 Å². The van der Waals surface area contributed by atoms with E-state index in [1.807, 2.05) is 0 Å². The lowest BCUT2D eigenvalue weighted by Crippen LogP contribution is -2.35. The van der Waals surface area contributed by atoms with Gasteiger partial charge in [0, 0.05) is 26.8 Å². The standard InChI is InChI=1S/C13H19FN2O/c1-17-9-10-4-6-16(7-5-10)13-8-11(14)2-3-12(13)15/h2-3,8,10H,4-7,9,15H2,1H3. The van der Waals surface area contributed by atoms with Crippen molar-refractivity contribution in [2.75, 3.05) is 37.4 Å². The smallest absolute Gasteiger partial charge is 0.125 e. The van der Waals surface area contributed by atoms with Crippen LogP contribution >= 0.6 is 0 Å². The Morgan fingerprint density at radius 1 is 1.41 bits per heavy atom. The highest BCUT2D eigenvalue weighted by molar-refractivity contribution is 5.67. The zero-order valence-corrected chi connectivity index (χ0v) is 10.2. The number of anilines is 2. The highest BCUT2D eigenvalue weighted by Gasteiger charge is 2.20. The van der Waals surface area contributed by atoms with E-state index in [4.69, 9.17) is 10.5 Å². The van der Waals surface area contributed by atoms with Crippen molar-refractivity contribution >= 4 is 11.4 Å². The molecule has 0 spiro atoms. The van der Waals surface area contributed by atoms with Crippen molar-refractivity contribution in [3.8, 4) is 0 Å². The molecule has 0 aliphatic carbocycles. The van der Waals surface area contributed by atoms with Crippen LogP contribution in [0.3, 0.4) is 0 Å². The van der Waals surface area contributed by atoms with E-state index in [-0.39, 0.29) is 5.82 Å². The Balaban J connectivity index is 2.02. The molecule has 0 amide bonds. The number of piperidine rings is 1. The molecule has 2 N–H and O–H groups in total. The summed E-state index contributed by atoms with van der Waals surface area (Å²) < 4.78 is 18.4. The summed E-state index contributed by atoms with van der Waals surface area (Å²) in [6, 6.07) is 4.55. The van der Waals surface area contributed by atoms with E-state index in [0.29, 0.717) is 11.6 Å². The second-order valence-corrected chi connectivity index (χ2v) is 4.59. The summed E-state index contributed by atoms with van der Waals surface area (Å²) in [5, 5.41) is 0. The van der Waals surface area contributed by atoms with Crippen molar-refractivity contribution in [3.05, 3.63) is 24.0 Å². The molecule has 1 aliphatic heterocycles. The van der Waals surface area contributed by atoms with Gasteiger partial charge in [-0.05, 0) is 37.0 Å². The van der Waals surface area contributed by atoms with Gasteiger partial charge in [0.25, 0.3) is 0 Å². The Hall–Kier alpha value is -1.29. The van der Waals surface area contributed by atoms with Gasteiger partial charge in [0.1, 0.15) is 5.82 Å². The van der Waals surface area contributed by atoms with Crippen LogP contribution in [0.2, 0.25) is 0 Å². The van der Waals surface area contributed by atoms with Crippen LogP contribution in [0, 0.1) is 11.7 Å². The largest absolute Gasteiger partial charge is 0.397 e. The molecule has 94 valence electrons. The highest BCUT2D eigenvalue weighted by atomic mass is 19.1. The maximum absolute atomic E-state index is 13.2. The van der Waals surface area contributed by atoms with Crippen molar-refractivity contribution in [3.63, 3.8) is 0 Å². The zero-order chi connectivity index (χ0) is 12.3. The molecule has 0 saturated carbocycles. The normalized spacial score (nSPS) is 17.4. The summed E-state index contributed by atoms with van der Waals surface area (Å²) in [5.74, 6) is 0.388. The number of nitrogens with zero attached hydrogens (tertiary/aromatic N) is 1. The predicted octanol–water partition coefficient (Wildman–Crippen LogP) is 2.27. The van der Waals surface area contributed by atoms with Gasteiger partial charge in [-0.3, -0.25) is 0 Å². The fourth-order valence-electron chi connectivity index (χ4n) is 2.37. The minimum Gasteiger partial charge on any atom is -0.397 e. The third-order valence-corrected chi connectivity index (χ3v) is 3.35. The zero-order valence-electron chi connectivity index (χ0n) is 10.2. The first-order valence-corrected chi connectivity index (χ1v) is 5.99. The summed E-state index contributed by atoms with van der Waals surface area (Å²) in [6.45, 7) is 2.65. The molecule has 0 atom stereocenters. The average molecular weight is 238 g/mol. The average Bonchev–Trinajstić information content (AvgIpc) is 2.34. The van der Waals surface area contributed by atoms with E-state index in [9.17, 15) is 4.39 Å². The van der Waals surface area contributed by atoms with Gasteiger partial charge in [0.15, 0.2) is 0 Å². The molecular weight excluding hydrogens is 219 g/mol. The van der Waals surface area contributed by atoms with Gasteiger partial charge in [0.2, 0.25) is 0 Å². The lowest BCUT2D eigenvalue weighted by Gasteiger charge is -2.34. The number of hydrogen-bond donors (Lipinski definition) is 1. The van der Waals surface area contributed by atoms with Crippen molar-refractivity contribution in [2.24, 2.45) is 5.92 Å². The molecule has 17 heavy (non-hydrogen) atoms. The van der Waals surface area contributed by atoms with Crippen molar-refractivity contribution in [1.82, 2.24) is 0 Å². The molecule has 1 saturated heterocycles. The second kappa shape index (κ2) is 5.36. The number of nitrogens with two attached hydrogens (primary N) is 1. The van der Waals surface area contributed by atoms with Gasteiger partial charge in [-0.2, -0.15) is 0 Å². The Morgan fingerprint density at radius 3 is 2.76 bits per heavy atom. The molecule has 1 aliphatic rings. The van der Waals surface area contributed by atoms with E-state index in [1.54, 1.807) is 13.2 Å². The van der Waals surface area contributed by atoms with Gasteiger partial charge in [0.05, 0.1) is 11.4 Å². The predicted molar refractivity (Wildman–Crippen MR) is 67.6 cm³/mol. The summed E-state index contributed by atoms with van der Waals surface area (Å²) in [5.41, 5.74) is 7.35. The molecule has 1 aromatic carbocycles. The number of ether oxygens (including phenoxy) is 1. The van der Waals surface area contributed by atoms with E-state index in [2.05, 4.69) is 4.90 Å². The second-order valence-electron chi connectivity index (χ2n) is 4.59. The van der Waals surface area contributed by atoms with Crippen LogP contribution in [0.1, 0.15) is 12.8 Å². The highest BCUT2D eigenvalue weighted by Crippen LogP contribution is 2.28. The van der Waals surface area contributed by atoms with Crippen molar-refractivity contribution < 1.29 is 9.13 Å². The monoisotopic (exact) mass is 238 g/mol. The van der Waals surface area contributed by atoms with Crippen molar-refractivity contribution in [1.29, 1.82) is 0 Å². The maximum atomic E-state index is 13.2. The lowest BCUT2D eigenvalue weighted by molar-refractivity contribution is 0.139. The molecule has 1 aromatic rings. The van der Waals surface area contributed by atoms with Crippen LogP contribution in [0.25, 0.3) is 0 Å². The van der Waals surface area contributed by atoms with Crippen LogP contribution in [-0.4, -0.2) is 26.8 Å². The van der Waals surface area contributed by atoms with E-state index in [0.717, 1.165) is 38.2 Å². The summed E-state index contributed by atoms with van der Waals surface area (Å²) in [4.78, 5) is 2.16. The molecule has 0 aromatic heterocycles. The number of methoxy groups -OCH3 is 1. The molecule has 0 bridgehead atoms. The molecule has 0 unspecified atom stereocenters. The van der Waals surface area contributed by atoms with Crippen LogP contribution < -0.4 is 10.6 Å². The third kappa shape index (κ3) is 2.88. The number of nitrogen functional groups attached to an aromatic ring is 1. The molecule has 4 heteroatoms. The van der Waals surface area contributed by atoms with Gasteiger partial charge in [-0.15, -0.1) is 0 Å². The molecule has 3 nitrogen and oxygen atoms in total. The number of benzene rings is 1. The van der Waals surface area contributed by atoms with Gasteiger partial charge >= 0.3 is 0 Å². The van der Waals surface area contributed by atoms with E-state index >= 15 is 0 Å². The molecule has 1 fully saturated rings. The fourth-order valence-corrected chi connectivity index (χ4v) is 2.37. The Labute approximate surface area is 101 Å². The van der Waals surface area contributed by atoms with E-state index in [1.165, 1.54) is 12.1 Å². The quantitative estimate of drug-likeness (QED) is 0.821. The Bertz CT molecular complexity index is 376. The molecule has 1 heterocycles. The lowest BCUT2D eigenvalue weighted by atomic mass is 9.97. The number of halogens is 1. The maximum Gasteiger partial charge on any atom is 0.125 e. The minimum absolute atomic E-state index is 0.229. The molecular formula is C13H19FN2O. The Kier molecular flexibility index (Phi) is 3.84. The Morgan fingerprint density at radius 2 is 2.12 bits per heavy atom. The first-order valence-electron chi connectivity index (χ1n) is 5.99. The minimum atomic E-state index is -0.229. The fraction of sp³-hybridized carbons (Fsp3) is 0.538. The van der Waals surface area contributed by atoms with Gasteiger partial charge < -0.3 is 15.4 Å². The van der Waals surface area contributed by atoms with Crippen LogP contribution in [0.4, 0.5) is 15.8 Å². The summed E-state index contributed by atoms with van der Waals surface area (Å²) >= 11 is 0. The SMILES string of the molecule is COCC1CCN(c2cc(F)ccc2N)CC1. The molecule has 0 radical (unpaired) electrons. The summed E-state index contributed by atoms with van der Waals surface area (Å²) in [7, 11) is 1.73. The van der Waals surface area contributed by atoms with Gasteiger partial charge in [-0.25, -0.2) is 4.39 Å². The number of rotatable bonds is 3. The first kappa shape index (κ1) is 12.2.